The Kier molecular flexibility index (Phi) is 29.4. The number of aromatic nitrogens is 3. The number of ether oxygens (including phenoxy) is 2. The highest BCUT2D eigenvalue weighted by Crippen LogP contribution is 2.51. The zero-order valence-corrected chi connectivity index (χ0v) is 71.5. The summed E-state index contributed by atoms with van der Waals surface area (Å²) in [6, 6.07) is 32.7. The second-order valence-electron chi connectivity index (χ2n) is 32.1. The van der Waals surface area contributed by atoms with Crippen molar-refractivity contribution in [3.05, 3.63) is 173 Å². The molecule has 0 unspecified atom stereocenters. The van der Waals surface area contributed by atoms with Gasteiger partial charge in [0.05, 0.1) is 28.4 Å². The first-order valence-electron chi connectivity index (χ1n) is 38.9. The van der Waals surface area contributed by atoms with Gasteiger partial charge < -0.3 is 54.8 Å². The van der Waals surface area contributed by atoms with Crippen LogP contribution in [0.2, 0.25) is 20.1 Å². The second kappa shape index (κ2) is 38.1. The van der Waals surface area contributed by atoms with Crippen molar-refractivity contribution in [1.29, 1.82) is 0 Å². The summed E-state index contributed by atoms with van der Waals surface area (Å²) < 4.78 is 10.8. The summed E-state index contributed by atoms with van der Waals surface area (Å²) in [7, 11) is 2.19. The van der Waals surface area contributed by atoms with Crippen molar-refractivity contribution >= 4 is 143 Å². The molecule has 15 rings (SSSR count). The topological polar surface area (TPSA) is 169 Å². The van der Waals surface area contributed by atoms with Crippen molar-refractivity contribution in [2.75, 3.05) is 132 Å². The molecule has 590 valence electrons. The summed E-state index contributed by atoms with van der Waals surface area (Å²) in [6.45, 7) is 25.3. The van der Waals surface area contributed by atoms with Gasteiger partial charge in [-0.2, -0.15) is 0 Å². The van der Waals surface area contributed by atoms with Crippen LogP contribution >= 0.6 is 104 Å². The van der Waals surface area contributed by atoms with Crippen LogP contribution in [-0.4, -0.2) is 186 Å². The van der Waals surface area contributed by atoms with E-state index in [4.69, 9.17) is 100 Å². The van der Waals surface area contributed by atoms with Crippen LogP contribution in [0.3, 0.4) is 0 Å². The number of benzene rings is 4. The molecule has 4 saturated heterocycles. The number of likely N-dealkylation sites (N-methyl/N-ethyl adjacent to an activating group) is 1. The highest BCUT2D eigenvalue weighted by atomic mass is 35.5. The number of piperazine rings is 4. The van der Waals surface area contributed by atoms with E-state index in [1.807, 2.05) is 118 Å². The largest absolute Gasteiger partial charge is 0.444 e. The van der Waals surface area contributed by atoms with Gasteiger partial charge in [-0.05, 0) is 183 Å². The number of nitrogens with two attached hydrogens (primary N) is 1. The number of thiocarbonyl (C=S) groups is 1. The van der Waals surface area contributed by atoms with Gasteiger partial charge in [0, 0.05) is 157 Å². The lowest BCUT2D eigenvalue weighted by Gasteiger charge is -2.35. The van der Waals surface area contributed by atoms with E-state index in [-0.39, 0.29) is 45.5 Å². The number of carbonyl (C=O) groups is 3. The normalized spacial score (nSPS) is 19.6. The Morgan fingerprint density at radius 2 is 0.725 bits per heavy atom. The molecule has 7 aromatic rings. The van der Waals surface area contributed by atoms with Gasteiger partial charge in [-0.3, -0.25) is 4.79 Å². The fourth-order valence-electron chi connectivity index (χ4n) is 16.5. The molecule has 7 heterocycles. The van der Waals surface area contributed by atoms with Crippen LogP contribution in [0, 0.1) is 0 Å². The first-order chi connectivity index (χ1) is 52.2. The third-order valence-corrected chi connectivity index (χ3v) is 26.8. The Labute approximate surface area is 688 Å². The molecule has 17 nitrogen and oxygen atoms in total. The van der Waals surface area contributed by atoms with Crippen LogP contribution in [-0.2, 0) is 35.9 Å². The lowest BCUT2D eigenvalue weighted by atomic mass is 9.76. The van der Waals surface area contributed by atoms with Gasteiger partial charge in [-0.15, -0.1) is 45.6 Å². The predicted octanol–water partition coefficient (Wildman–Crippen LogP) is 18.9. The van der Waals surface area contributed by atoms with Crippen molar-refractivity contribution in [2.45, 2.75) is 177 Å². The maximum Gasteiger partial charge on any atom is 0.410 e. The molecule has 0 atom stereocenters. The minimum Gasteiger partial charge on any atom is -0.444 e. The summed E-state index contributed by atoms with van der Waals surface area (Å²) >= 11 is 40.1. The molecule has 8 aliphatic rings. The Morgan fingerprint density at radius 3 is 1.04 bits per heavy atom. The molecule has 26 heteroatoms. The minimum atomic E-state index is -0.463. The zero-order chi connectivity index (χ0) is 77.6. The number of halogens is 5. The van der Waals surface area contributed by atoms with Gasteiger partial charge in [0.1, 0.15) is 11.2 Å². The van der Waals surface area contributed by atoms with Crippen LogP contribution in [0.1, 0.15) is 184 Å². The number of nitrogens with zero attached hydrogens (tertiary/aromatic N) is 10. The average Bonchev–Trinajstić information content (AvgIpc) is 1.64. The monoisotopic (exact) mass is 1660 g/mol. The Hall–Kier alpha value is -5.56. The second-order valence-corrected chi connectivity index (χ2v) is 37.0. The van der Waals surface area contributed by atoms with E-state index < -0.39 is 11.2 Å². The van der Waals surface area contributed by atoms with Crippen LogP contribution in [0.5, 0.6) is 0 Å². The molecule has 3 N–H and O–H groups in total. The van der Waals surface area contributed by atoms with Crippen LogP contribution < -0.4 is 25.8 Å². The number of thiazole rings is 3. The molecular formula is C83H109Cl5N12O5S4. The molecule has 0 spiro atoms. The average molecular weight is 1660 g/mol. The predicted molar refractivity (Wildman–Crippen MR) is 457 cm³/mol. The summed E-state index contributed by atoms with van der Waals surface area (Å²) in [5.74, 6) is 0.247. The number of anilines is 3. The smallest absolute Gasteiger partial charge is 0.410 e. The summed E-state index contributed by atoms with van der Waals surface area (Å²) in [5, 5.41) is 17.1. The van der Waals surface area contributed by atoms with Gasteiger partial charge >= 0.3 is 12.2 Å². The van der Waals surface area contributed by atoms with Gasteiger partial charge in [-0.1, -0.05) is 146 Å². The summed E-state index contributed by atoms with van der Waals surface area (Å²) in [6.07, 6.45) is 18.2. The minimum absolute atomic E-state index is 0.00231. The molecule has 0 bridgehead atoms. The zero-order valence-electron chi connectivity index (χ0n) is 64.4. The number of hydrogen-bond donors (Lipinski definition) is 2. The first kappa shape index (κ1) is 84.4. The van der Waals surface area contributed by atoms with Crippen LogP contribution in [0.25, 0.3) is 0 Å². The molecule has 4 aliphatic carbocycles. The van der Waals surface area contributed by atoms with Crippen molar-refractivity contribution in [3.63, 3.8) is 0 Å². The molecule has 2 amide bonds. The molecule has 3 aromatic heterocycles. The first-order valence-corrected chi connectivity index (χ1v) is 44.0. The summed E-state index contributed by atoms with van der Waals surface area (Å²) in [4.78, 5) is 66.2. The molecule has 109 heavy (non-hydrogen) atoms. The lowest BCUT2D eigenvalue weighted by molar-refractivity contribution is -0.122. The van der Waals surface area contributed by atoms with Gasteiger partial charge in [0.2, 0.25) is 0 Å². The van der Waals surface area contributed by atoms with Crippen molar-refractivity contribution in [3.8, 4) is 0 Å². The molecule has 0 radical (unpaired) electrons. The van der Waals surface area contributed by atoms with Gasteiger partial charge in [0.15, 0.2) is 26.3 Å². The maximum atomic E-state index is 12.3. The van der Waals surface area contributed by atoms with Crippen molar-refractivity contribution in [2.24, 2.45) is 5.73 Å². The number of Topliss-reactive ketones (excluding diaryl/α,β-unsaturated/α-hetero) is 1. The number of carbonyl (C=O) groups excluding carboxylic acids is 3. The number of alkyl halides is 1. The van der Waals surface area contributed by atoms with Crippen LogP contribution in [0.15, 0.2) is 113 Å². The standard InChI is InChI=1S/C23H30ClN3O2S.C19H24ClN3S.C18H22ClN3S.C13H14Cl2O.C10H19N3O2S/c1-22(2,3)29-21(28)27-14-12-26(13-15-27)20-25-19(16-30-20)23(10-4-5-11-23)17-6-8-18(24)9-7-17;1-22-10-12-23(13-11-22)18-21-17(14-24-18)19(8-2-3-9-19)15-4-6-16(20)7-5-15;19-15-5-3-14(4-6-15)18(7-1-2-8-18)16-13-23-17(21-16)22-11-9-20-10-12-22;14-9-12(16)13(7-1-2-8-13)10-3-5-11(15)6-4-10;1-10(2,3)15-9(14)13-6-4-12(5-7-13)8(11)16/h6-9,16H,4-5,10-15H2,1-3H3;4-7,14H,2-3,8-13H2,1H3;3-6,13,20H,1-2,7-12H2;3-6H,1-2,7-9H2;4-7H2,1-3H3,(H2,11,16). The summed E-state index contributed by atoms with van der Waals surface area (Å²) in [5.41, 5.74) is 13.3. The third-order valence-electron chi connectivity index (χ3n) is 22.6. The Balaban J connectivity index is 0.000000138. The van der Waals surface area contributed by atoms with Crippen molar-refractivity contribution < 1.29 is 23.9 Å². The highest BCUT2D eigenvalue weighted by molar-refractivity contribution is 7.80. The van der Waals surface area contributed by atoms with Crippen molar-refractivity contribution in [1.82, 2.24) is 39.9 Å². The molecule has 8 fully saturated rings. The quantitative estimate of drug-likeness (QED) is 0.0874. The third kappa shape index (κ3) is 21.5. The molecule has 4 saturated carbocycles. The lowest BCUT2D eigenvalue weighted by Crippen LogP contribution is -2.52. The van der Waals surface area contributed by atoms with E-state index in [1.54, 1.807) is 32.5 Å². The van der Waals surface area contributed by atoms with Crippen LogP contribution in [0.4, 0.5) is 25.0 Å². The van der Waals surface area contributed by atoms with E-state index in [0.717, 1.165) is 130 Å². The number of amides is 2. The SMILES string of the molecule is CC(C)(C)OC(=O)N1CCN(C(N)=S)CC1.CC(C)(C)OC(=O)N1CCN(c2nc(C3(c4ccc(Cl)cc4)CCCC3)cs2)CC1.CN1CCN(c2nc(C3(c4ccc(Cl)cc4)CCCC3)cs2)CC1.Clc1ccc(C2(c3csc(N4CCNCC4)n3)CCCC2)cc1.O=C(CCl)C1(c2ccc(Cl)cc2)CCCC1. The van der Waals surface area contributed by atoms with Gasteiger partial charge in [-0.25, -0.2) is 24.5 Å². The fraction of sp³-hybridized carbons (Fsp3) is 0.554. The number of ketones is 1. The van der Waals surface area contributed by atoms with Gasteiger partial charge in [0.25, 0.3) is 0 Å². The molecule has 4 aliphatic heterocycles. The molecular weight excluding hydrogens is 1550 g/mol. The number of rotatable bonds is 12. The maximum absolute atomic E-state index is 12.3. The number of hydrogen-bond acceptors (Lipinski definition) is 17. The van der Waals surface area contributed by atoms with E-state index >= 15 is 0 Å². The Bertz CT molecular complexity index is 4060. The number of nitrogens with one attached hydrogen (secondary N) is 1. The Morgan fingerprint density at radius 1 is 0.440 bits per heavy atom. The highest BCUT2D eigenvalue weighted by Gasteiger charge is 2.45. The van der Waals surface area contributed by atoms with E-state index in [0.29, 0.717) is 49.4 Å². The van der Waals surface area contributed by atoms with E-state index in [1.165, 1.54) is 108 Å². The fourth-order valence-corrected chi connectivity index (χ4v) is 20.4. The van der Waals surface area contributed by atoms with E-state index in [2.05, 4.69) is 84.5 Å². The molecule has 4 aromatic carbocycles. The van der Waals surface area contributed by atoms with E-state index in [9.17, 15) is 14.4 Å².